The van der Waals surface area contributed by atoms with Gasteiger partial charge in [0.05, 0.1) is 13.7 Å². The summed E-state index contributed by atoms with van der Waals surface area (Å²) in [6, 6.07) is 11.1. The Morgan fingerprint density at radius 2 is 2.00 bits per heavy atom. The molecule has 1 unspecified atom stereocenters. The Morgan fingerprint density at radius 3 is 2.67 bits per heavy atom. The van der Waals surface area contributed by atoms with Gasteiger partial charge in [-0.3, -0.25) is 4.99 Å². The van der Waals surface area contributed by atoms with E-state index in [-0.39, 0.29) is 17.7 Å². The number of nitrogens with one attached hydrogen (secondary N) is 2. The van der Waals surface area contributed by atoms with Crippen LogP contribution in [0.2, 0.25) is 0 Å². The normalized spacial score (nSPS) is 12.4. The number of rotatable bonds is 8. The average molecular weight is 375 g/mol. The number of hydrogen-bond acceptors (Lipinski definition) is 4. The lowest BCUT2D eigenvalue weighted by atomic mass is 10.2. The summed E-state index contributed by atoms with van der Waals surface area (Å²) in [7, 11) is 3.24. The molecule has 0 aromatic heterocycles. The lowest BCUT2D eigenvalue weighted by molar-refractivity contribution is 0.198. The van der Waals surface area contributed by atoms with Crippen molar-refractivity contribution in [2.24, 2.45) is 4.99 Å². The first-order valence-electron chi connectivity index (χ1n) is 8.78. The molecule has 0 spiro atoms. The molecule has 0 fully saturated rings. The van der Waals surface area contributed by atoms with E-state index in [0.29, 0.717) is 36.1 Å². The Morgan fingerprint density at radius 1 is 1.19 bits per heavy atom. The van der Waals surface area contributed by atoms with Gasteiger partial charge in [-0.1, -0.05) is 13.0 Å². The molecule has 0 radical (unpaired) electrons. The van der Waals surface area contributed by atoms with Gasteiger partial charge in [0.15, 0.2) is 5.96 Å². The number of ether oxygens (including phenoxy) is 2. The molecule has 27 heavy (non-hydrogen) atoms. The standard InChI is InChI=1S/C20H26FN3O3/c1-4-16(27-18-7-5-6-15(21)11-18)13-24-20(22-2)23-12-14-10-17(26-3)8-9-19(14)25/h5-11,16,25H,4,12-13H2,1-3H3,(H2,22,23,24). The predicted molar refractivity (Wildman–Crippen MR) is 104 cm³/mol. The molecule has 2 rings (SSSR count). The molecule has 1 atom stereocenters. The number of hydrogen-bond donors (Lipinski definition) is 3. The van der Waals surface area contributed by atoms with Gasteiger partial charge >= 0.3 is 0 Å². The topological polar surface area (TPSA) is 75.1 Å². The van der Waals surface area contributed by atoms with Crippen LogP contribution in [0.25, 0.3) is 0 Å². The second kappa shape index (κ2) is 10.3. The SMILES string of the molecule is CCC(CNC(=NC)NCc1cc(OC)ccc1O)Oc1cccc(F)c1. The molecule has 0 heterocycles. The highest BCUT2D eigenvalue weighted by atomic mass is 19.1. The Labute approximate surface area is 159 Å². The third-order valence-corrected chi connectivity index (χ3v) is 4.01. The van der Waals surface area contributed by atoms with Gasteiger partial charge in [-0.2, -0.15) is 0 Å². The maximum absolute atomic E-state index is 13.3. The first-order valence-corrected chi connectivity index (χ1v) is 8.78. The third kappa shape index (κ3) is 6.36. The molecule has 0 amide bonds. The molecule has 146 valence electrons. The number of halogens is 1. The number of methoxy groups -OCH3 is 1. The summed E-state index contributed by atoms with van der Waals surface area (Å²) >= 11 is 0. The van der Waals surface area contributed by atoms with E-state index in [2.05, 4.69) is 15.6 Å². The Balaban J connectivity index is 1.88. The van der Waals surface area contributed by atoms with Crippen LogP contribution in [-0.2, 0) is 6.54 Å². The zero-order valence-electron chi connectivity index (χ0n) is 15.8. The fourth-order valence-corrected chi connectivity index (χ4v) is 2.44. The summed E-state index contributed by atoms with van der Waals surface area (Å²) < 4.78 is 24.3. The lowest BCUT2D eigenvalue weighted by Crippen LogP contribution is -2.42. The van der Waals surface area contributed by atoms with Crippen molar-refractivity contribution in [3.8, 4) is 17.2 Å². The minimum atomic E-state index is -0.328. The lowest BCUT2D eigenvalue weighted by Gasteiger charge is -2.20. The maximum atomic E-state index is 13.3. The number of nitrogens with zero attached hydrogens (tertiary/aromatic N) is 1. The van der Waals surface area contributed by atoms with Crippen LogP contribution in [0.1, 0.15) is 18.9 Å². The smallest absolute Gasteiger partial charge is 0.191 e. The molecular formula is C20H26FN3O3. The van der Waals surface area contributed by atoms with Gasteiger partial charge in [0, 0.05) is 25.2 Å². The van der Waals surface area contributed by atoms with Crippen LogP contribution >= 0.6 is 0 Å². The van der Waals surface area contributed by atoms with E-state index in [0.717, 1.165) is 6.42 Å². The van der Waals surface area contributed by atoms with Crippen LogP contribution in [0.5, 0.6) is 17.2 Å². The fraction of sp³-hybridized carbons (Fsp3) is 0.350. The number of phenols is 1. The van der Waals surface area contributed by atoms with Crippen molar-refractivity contribution in [3.05, 3.63) is 53.8 Å². The average Bonchev–Trinajstić information content (AvgIpc) is 2.68. The summed E-state index contributed by atoms with van der Waals surface area (Å²) in [6.07, 6.45) is 0.604. The van der Waals surface area contributed by atoms with E-state index >= 15 is 0 Å². The molecule has 0 bridgehead atoms. The Kier molecular flexibility index (Phi) is 7.73. The van der Waals surface area contributed by atoms with Crippen LogP contribution in [0.3, 0.4) is 0 Å². The summed E-state index contributed by atoms with van der Waals surface area (Å²) in [4.78, 5) is 4.17. The number of benzene rings is 2. The van der Waals surface area contributed by atoms with E-state index in [9.17, 15) is 9.50 Å². The van der Waals surface area contributed by atoms with E-state index in [1.54, 1.807) is 44.5 Å². The van der Waals surface area contributed by atoms with Crippen LogP contribution < -0.4 is 20.1 Å². The van der Waals surface area contributed by atoms with E-state index < -0.39 is 0 Å². The summed E-state index contributed by atoms with van der Waals surface area (Å²) in [5, 5.41) is 16.3. The van der Waals surface area contributed by atoms with Crippen molar-refractivity contribution in [3.63, 3.8) is 0 Å². The van der Waals surface area contributed by atoms with E-state index in [1.807, 2.05) is 6.92 Å². The molecule has 0 aliphatic heterocycles. The number of guanidine groups is 1. The molecule has 0 aliphatic carbocycles. The highest BCUT2D eigenvalue weighted by molar-refractivity contribution is 5.79. The van der Waals surface area contributed by atoms with Crippen molar-refractivity contribution in [1.82, 2.24) is 10.6 Å². The predicted octanol–water partition coefficient (Wildman–Crippen LogP) is 3.06. The van der Waals surface area contributed by atoms with Gasteiger partial charge in [-0.05, 0) is 36.8 Å². The highest BCUT2D eigenvalue weighted by Gasteiger charge is 2.11. The van der Waals surface area contributed by atoms with Crippen LogP contribution in [-0.4, -0.2) is 37.9 Å². The molecule has 3 N–H and O–H groups in total. The van der Waals surface area contributed by atoms with Gasteiger partial charge in [-0.15, -0.1) is 0 Å². The zero-order chi connectivity index (χ0) is 19.6. The summed E-state index contributed by atoms with van der Waals surface area (Å²) in [5.74, 6) is 1.58. The largest absolute Gasteiger partial charge is 0.508 e. The monoisotopic (exact) mass is 375 g/mol. The number of aromatic hydroxyl groups is 1. The molecule has 7 heteroatoms. The van der Waals surface area contributed by atoms with Gasteiger partial charge in [0.1, 0.15) is 29.2 Å². The fourth-order valence-electron chi connectivity index (χ4n) is 2.44. The molecule has 2 aromatic carbocycles. The van der Waals surface area contributed by atoms with Crippen LogP contribution in [0.15, 0.2) is 47.5 Å². The number of aliphatic imine (C=N–C) groups is 1. The van der Waals surface area contributed by atoms with Gasteiger partial charge in [0.25, 0.3) is 0 Å². The Hall–Kier alpha value is -2.96. The minimum Gasteiger partial charge on any atom is -0.508 e. The second-order valence-corrected chi connectivity index (χ2v) is 5.91. The van der Waals surface area contributed by atoms with E-state index in [4.69, 9.17) is 9.47 Å². The van der Waals surface area contributed by atoms with Crippen molar-refractivity contribution in [2.75, 3.05) is 20.7 Å². The molecule has 0 saturated carbocycles. The maximum Gasteiger partial charge on any atom is 0.191 e. The highest BCUT2D eigenvalue weighted by Crippen LogP contribution is 2.22. The van der Waals surface area contributed by atoms with Crippen molar-refractivity contribution < 1.29 is 19.0 Å². The number of phenolic OH excluding ortho intramolecular Hbond substituents is 1. The molecule has 6 nitrogen and oxygen atoms in total. The molecule has 0 aliphatic rings. The second-order valence-electron chi connectivity index (χ2n) is 5.91. The third-order valence-electron chi connectivity index (χ3n) is 4.01. The first-order chi connectivity index (χ1) is 13.0. The van der Waals surface area contributed by atoms with E-state index in [1.165, 1.54) is 12.1 Å². The summed E-state index contributed by atoms with van der Waals surface area (Å²) in [5.41, 5.74) is 0.695. The van der Waals surface area contributed by atoms with Gasteiger partial charge < -0.3 is 25.2 Å². The molecular weight excluding hydrogens is 349 g/mol. The van der Waals surface area contributed by atoms with Crippen molar-refractivity contribution >= 4 is 5.96 Å². The zero-order valence-corrected chi connectivity index (χ0v) is 15.8. The van der Waals surface area contributed by atoms with Crippen molar-refractivity contribution in [1.29, 1.82) is 0 Å². The first kappa shape index (κ1) is 20.4. The molecule has 0 saturated heterocycles. The van der Waals surface area contributed by atoms with Gasteiger partial charge in [0.2, 0.25) is 0 Å². The molecule has 2 aromatic rings. The van der Waals surface area contributed by atoms with Gasteiger partial charge in [-0.25, -0.2) is 4.39 Å². The summed E-state index contributed by atoms with van der Waals surface area (Å²) in [6.45, 7) is 2.87. The van der Waals surface area contributed by atoms with Crippen molar-refractivity contribution in [2.45, 2.75) is 26.0 Å². The quantitative estimate of drug-likeness (QED) is 0.488. The Bertz CT molecular complexity index is 768. The minimum absolute atomic E-state index is 0.143. The van der Waals surface area contributed by atoms with Crippen LogP contribution in [0, 0.1) is 5.82 Å². The van der Waals surface area contributed by atoms with Crippen LogP contribution in [0.4, 0.5) is 4.39 Å².